The van der Waals surface area contributed by atoms with E-state index >= 15 is 0 Å². The minimum atomic E-state index is -3.78. The number of sulfonamides is 1. The number of benzene rings is 3. The normalized spacial score (nSPS) is 12.0. The second-order valence-corrected chi connectivity index (χ2v) is 10.4. The quantitative estimate of drug-likeness (QED) is 0.319. The van der Waals surface area contributed by atoms with E-state index in [0.29, 0.717) is 22.6 Å². The lowest BCUT2D eigenvalue weighted by atomic mass is 10.2. The van der Waals surface area contributed by atoms with E-state index < -0.39 is 15.9 Å². The first kappa shape index (κ1) is 24.4. The molecule has 0 unspecified atom stereocenters. The van der Waals surface area contributed by atoms with Crippen LogP contribution in [-0.2, 0) is 16.6 Å². The number of hydrogen-bond donors (Lipinski definition) is 0. The number of carbonyl (C=O) groups excluding carboxylic acids is 1. The summed E-state index contributed by atoms with van der Waals surface area (Å²) >= 11 is 1.37. The second kappa shape index (κ2) is 10.3. The summed E-state index contributed by atoms with van der Waals surface area (Å²) < 4.78 is 35.9. The van der Waals surface area contributed by atoms with E-state index in [1.54, 1.807) is 44.4 Å². The third kappa shape index (κ3) is 4.91. The van der Waals surface area contributed by atoms with Crippen LogP contribution in [0.2, 0.25) is 0 Å². The lowest BCUT2D eigenvalue weighted by molar-refractivity contribution is 0.0998. The zero-order valence-electron chi connectivity index (χ0n) is 19.4. The van der Waals surface area contributed by atoms with Gasteiger partial charge in [-0.1, -0.05) is 35.6 Å². The average molecular weight is 508 g/mol. The standard InChI is InChI=1S/C26H25N3O4S2/c1-4-17-28-23-16-13-21(33-3)18-24(23)34-26(28)27-25(30)19-11-14-22(15-12-19)35(31,32)29(5-2)20-9-7-6-8-10-20/h4,6-16,18H,1,5,17H2,2-3H3. The highest BCUT2D eigenvalue weighted by Gasteiger charge is 2.23. The van der Waals surface area contributed by atoms with Crippen LogP contribution in [-0.4, -0.2) is 32.5 Å². The number of allylic oxidation sites excluding steroid dienone is 1. The number of para-hydroxylation sites is 1. The Morgan fingerprint density at radius 2 is 1.83 bits per heavy atom. The summed E-state index contributed by atoms with van der Waals surface area (Å²) in [4.78, 5) is 17.9. The summed E-state index contributed by atoms with van der Waals surface area (Å²) in [7, 11) is -2.18. The molecule has 0 spiro atoms. The number of hydrogen-bond acceptors (Lipinski definition) is 5. The molecule has 4 rings (SSSR count). The molecule has 1 aromatic heterocycles. The molecule has 0 aliphatic heterocycles. The molecule has 4 aromatic rings. The van der Waals surface area contributed by atoms with E-state index in [-0.39, 0.29) is 11.4 Å². The van der Waals surface area contributed by atoms with Gasteiger partial charge in [-0.25, -0.2) is 8.42 Å². The maximum absolute atomic E-state index is 13.2. The summed E-state index contributed by atoms with van der Waals surface area (Å²) in [5.41, 5.74) is 1.80. The predicted molar refractivity (Wildman–Crippen MR) is 140 cm³/mol. The number of methoxy groups -OCH3 is 1. The van der Waals surface area contributed by atoms with Gasteiger partial charge < -0.3 is 9.30 Å². The number of nitrogens with zero attached hydrogens (tertiary/aromatic N) is 3. The molecular weight excluding hydrogens is 482 g/mol. The molecule has 0 saturated heterocycles. The molecular formula is C26H25N3O4S2. The molecule has 180 valence electrons. The van der Waals surface area contributed by atoms with Crippen LogP contribution in [0.5, 0.6) is 5.75 Å². The van der Waals surface area contributed by atoms with Crippen molar-refractivity contribution < 1.29 is 17.9 Å². The Kier molecular flexibility index (Phi) is 7.18. The van der Waals surface area contributed by atoms with Crippen LogP contribution >= 0.6 is 11.3 Å². The molecule has 9 heteroatoms. The van der Waals surface area contributed by atoms with Gasteiger partial charge in [0.05, 0.1) is 27.9 Å². The Hall–Kier alpha value is -3.69. The fraction of sp³-hybridized carbons (Fsp3) is 0.154. The largest absolute Gasteiger partial charge is 0.497 e. The van der Waals surface area contributed by atoms with E-state index in [4.69, 9.17) is 4.74 Å². The molecule has 0 saturated carbocycles. The first-order valence-corrected chi connectivity index (χ1v) is 13.2. The van der Waals surface area contributed by atoms with Crippen molar-refractivity contribution in [3.8, 4) is 5.75 Å². The molecule has 0 atom stereocenters. The molecule has 3 aromatic carbocycles. The Morgan fingerprint density at radius 3 is 2.46 bits per heavy atom. The number of carbonyl (C=O) groups is 1. The van der Waals surface area contributed by atoms with Crippen LogP contribution < -0.4 is 13.8 Å². The summed E-state index contributed by atoms with van der Waals surface area (Å²) in [5, 5.41) is 0. The monoisotopic (exact) mass is 507 g/mol. The topological polar surface area (TPSA) is 81.0 Å². The highest BCUT2D eigenvalue weighted by molar-refractivity contribution is 7.92. The summed E-state index contributed by atoms with van der Waals surface area (Å²) in [6, 6.07) is 20.4. The fourth-order valence-electron chi connectivity index (χ4n) is 3.71. The smallest absolute Gasteiger partial charge is 0.279 e. The SMILES string of the molecule is C=CCn1c(=NC(=O)c2ccc(S(=O)(=O)N(CC)c3ccccc3)cc2)sc2cc(OC)ccc21. The minimum absolute atomic E-state index is 0.107. The minimum Gasteiger partial charge on any atom is -0.497 e. The summed E-state index contributed by atoms with van der Waals surface area (Å²) in [6.45, 7) is 6.35. The lowest BCUT2D eigenvalue weighted by Crippen LogP contribution is -2.30. The van der Waals surface area contributed by atoms with Crippen LogP contribution in [0.25, 0.3) is 10.2 Å². The van der Waals surface area contributed by atoms with Gasteiger partial charge in [-0.3, -0.25) is 9.10 Å². The number of anilines is 1. The van der Waals surface area contributed by atoms with Crippen LogP contribution in [0.3, 0.4) is 0 Å². The Balaban J connectivity index is 1.67. The average Bonchev–Trinajstić information content (AvgIpc) is 3.21. The summed E-state index contributed by atoms with van der Waals surface area (Å²) in [5.74, 6) is 0.261. The third-order valence-corrected chi connectivity index (χ3v) is 8.38. The number of amides is 1. The molecule has 0 fully saturated rings. The van der Waals surface area contributed by atoms with Gasteiger partial charge in [-0.2, -0.15) is 4.99 Å². The lowest BCUT2D eigenvalue weighted by Gasteiger charge is -2.22. The first-order chi connectivity index (χ1) is 16.9. The fourth-order valence-corrected chi connectivity index (χ4v) is 6.24. The van der Waals surface area contributed by atoms with Gasteiger partial charge in [0.2, 0.25) is 0 Å². The highest BCUT2D eigenvalue weighted by atomic mass is 32.2. The first-order valence-electron chi connectivity index (χ1n) is 10.9. The van der Waals surface area contributed by atoms with E-state index in [0.717, 1.165) is 16.0 Å². The number of ether oxygens (including phenoxy) is 1. The molecule has 0 aliphatic carbocycles. The Bertz CT molecular complexity index is 1540. The molecule has 35 heavy (non-hydrogen) atoms. The van der Waals surface area contributed by atoms with Crippen molar-refractivity contribution in [1.29, 1.82) is 0 Å². The van der Waals surface area contributed by atoms with Gasteiger partial charge in [-0.15, -0.1) is 6.58 Å². The maximum Gasteiger partial charge on any atom is 0.279 e. The number of fused-ring (bicyclic) bond motifs is 1. The third-order valence-electron chi connectivity index (χ3n) is 5.42. The Morgan fingerprint density at radius 1 is 1.11 bits per heavy atom. The van der Waals surface area contributed by atoms with Gasteiger partial charge in [0.25, 0.3) is 15.9 Å². The van der Waals surface area contributed by atoms with Crippen molar-refractivity contribution >= 4 is 43.2 Å². The van der Waals surface area contributed by atoms with Crippen LogP contribution in [0.1, 0.15) is 17.3 Å². The molecule has 7 nitrogen and oxygen atoms in total. The van der Waals surface area contributed by atoms with Gasteiger partial charge >= 0.3 is 0 Å². The zero-order valence-corrected chi connectivity index (χ0v) is 21.1. The molecule has 0 aliphatic rings. The zero-order chi connectivity index (χ0) is 25.0. The van der Waals surface area contributed by atoms with Gasteiger partial charge in [-0.05, 0) is 61.5 Å². The van der Waals surface area contributed by atoms with Gasteiger partial charge in [0.15, 0.2) is 4.80 Å². The highest BCUT2D eigenvalue weighted by Crippen LogP contribution is 2.25. The second-order valence-electron chi connectivity index (χ2n) is 7.56. The molecule has 0 bridgehead atoms. The van der Waals surface area contributed by atoms with E-state index in [1.807, 2.05) is 28.8 Å². The van der Waals surface area contributed by atoms with Gasteiger partial charge in [0, 0.05) is 18.7 Å². The molecule has 1 heterocycles. The molecule has 0 radical (unpaired) electrons. The predicted octanol–water partition coefficient (Wildman–Crippen LogP) is 4.85. The van der Waals surface area contributed by atoms with Crippen molar-refractivity contribution in [3.05, 3.63) is 95.8 Å². The van der Waals surface area contributed by atoms with Crippen LogP contribution in [0, 0.1) is 0 Å². The van der Waals surface area contributed by atoms with E-state index in [9.17, 15) is 13.2 Å². The van der Waals surface area contributed by atoms with Gasteiger partial charge in [0.1, 0.15) is 5.75 Å². The van der Waals surface area contributed by atoms with Crippen LogP contribution in [0.15, 0.2) is 95.3 Å². The molecule has 1 amide bonds. The van der Waals surface area contributed by atoms with Crippen molar-refractivity contribution in [3.63, 3.8) is 0 Å². The maximum atomic E-state index is 13.2. The van der Waals surface area contributed by atoms with Crippen molar-refractivity contribution in [2.45, 2.75) is 18.4 Å². The molecule has 0 N–H and O–H groups in total. The van der Waals surface area contributed by atoms with Crippen molar-refractivity contribution in [2.75, 3.05) is 18.0 Å². The van der Waals surface area contributed by atoms with Crippen molar-refractivity contribution in [2.24, 2.45) is 4.99 Å². The summed E-state index contributed by atoms with van der Waals surface area (Å²) in [6.07, 6.45) is 1.74. The number of aromatic nitrogens is 1. The van der Waals surface area contributed by atoms with Crippen molar-refractivity contribution in [1.82, 2.24) is 4.57 Å². The Labute approximate surface area is 208 Å². The van der Waals surface area contributed by atoms with E-state index in [1.165, 1.54) is 39.9 Å². The number of rotatable bonds is 8. The van der Waals surface area contributed by atoms with Crippen LogP contribution in [0.4, 0.5) is 5.69 Å². The van der Waals surface area contributed by atoms with E-state index in [2.05, 4.69) is 11.6 Å². The number of thiazole rings is 1.